The number of hydrogen-bond donors (Lipinski definition) is 3. The van der Waals surface area contributed by atoms with Crippen LogP contribution in [0.1, 0.15) is 11.6 Å². The third-order valence-corrected chi connectivity index (χ3v) is 5.65. The molecule has 1 aromatic carbocycles. The Labute approximate surface area is 199 Å². The molecule has 2 aromatic heterocycles. The number of hydrogen-bond acceptors (Lipinski definition) is 8. The Balaban J connectivity index is 1.63. The molecule has 9 nitrogen and oxygen atoms in total. The van der Waals surface area contributed by atoms with E-state index in [-0.39, 0.29) is 11.0 Å². The van der Waals surface area contributed by atoms with Gasteiger partial charge in [0.15, 0.2) is 0 Å². The molecule has 3 N–H and O–H groups in total. The number of rotatable bonds is 7. The number of nitrogens with one attached hydrogen (secondary N) is 1. The van der Waals surface area contributed by atoms with Crippen molar-refractivity contribution in [1.82, 2.24) is 19.6 Å². The van der Waals surface area contributed by atoms with Crippen LogP contribution in [-0.2, 0) is 4.74 Å². The van der Waals surface area contributed by atoms with Gasteiger partial charge in [0, 0.05) is 37.3 Å². The van der Waals surface area contributed by atoms with Crippen molar-refractivity contribution in [3.8, 4) is 11.3 Å². The fraction of sp³-hybridized carbons (Fsp3) is 0.174. The second-order valence-corrected chi connectivity index (χ2v) is 7.78. The SMILES string of the molecule is CO[C@]1(Nc2nccc(-c3ccn(C(CO)c4ccc(Cl)c(F)c4)c(=O)c3)n2)C=CC=CN1O. The fourth-order valence-electron chi connectivity index (χ4n) is 3.54. The topological polar surface area (TPSA) is 113 Å². The second-order valence-electron chi connectivity index (χ2n) is 7.37. The van der Waals surface area contributed by atoms with E-state index < -0.39 is 29.9 Å². The average molecular weight is 486 g/mol. The molecule has 3 aromatic rings. The summed E-state index contributed by atoms with van der Waals surface area (Å²) >= 11 is 5.74. The van der Waals surface area contributed by atoms with Crippen molar-refractivity contribution in [1.29, 1.82) is 0 Å². The highest BCUT2D eigenvalue weighted by Crippen LogP contribution is 2.25. The van der Waals surface area contributed by atoms with Gasteiger partial charge in [-0.1, -0.05) is 23.7 Å². The maximum absolute atomic E-state index is 13.9. The number of benzene rings is 1. The minimum atomic E-state index is -1.40. The molecule has 4 rings (SSSR count). The molecule has 176 valence electrons. The van der Waals surface area contributed by atoms with Crippen molar-refractivity contribution in [2.45, 2.75) is 11.9 Å². The molecule has 11 heteroatoms. The van der Waals surface area contributed by atoms with Gasteiger partial charge in [0.2, 0.25) is 5.95 Å². The maximum atomic E-state index is 13.9. The predicted molar refractivity (Wildman–Crippen MR) is 124 cm³/mol. The molecule has 0 bridgehead atoms. The number of aromatic nitrogens is 3. The Morgan fingerprint density at radius 1 is 1.26 bits per heavy atom. The van der Waals surface area contributed by atoms with Gasteiger partial charge in [-0.25, -0.2) is 19.4 Å². The van der Waals surface area contributed by atoms with Crippen LogP contribution in [0.2, 0.25) is 5.02 Å². The van der Waals surface area contributed by atoms with E-state index in [1.54, 1.807) is 36.4 Å². The first-order valence-corrected chi connectivity index (χ1v) is 10.5. The molecule has 0 radical (unpaired) electrons. The average Bonchev–Trinajstić information content (AvgIpc) is 2.84. The van der Waals surface area contributed by atoms with Crippen LogP contribution in [-0.4, -0.2) is 49.5 Å². The molecule has 3 heterocycles. The van der Waals surface area contributed by atoms with Crippen molar-refractivity contribution in [2.24, 2.45) is 0 Å². The lowest BCUT2D eigenvalue weighted by atomic mass is 10.1. The van der Waals surface area contributed by atoms with Gasteiger partial charge in [-0.2, -0.15) is 0 Å². The van der Waals surface area contributed by atoms with Crippen molar-refractivity contribution >= 4 is 17.5 Å². The highest BCUT2D eigenvalue weighted by atomic mass is 35.5. The van der Waals surface area contributed by atoms with Crippen LogP contribution in [0.4, 0.5) is 10.3 Å². The number of ether oxygens (including phenoxy) is 1. The second kappa shape index (κ2) is 9.74. The van der Waals surface area contributed by atoms with E-state index in [2.05, 4.69) is 15.3 Å². The van der Waals surface area contributed by atoms with Crippen LogP contribution in [0.15, 0.2) is 78.0 Å². The minimum Gasteiger partial charge on any atom is -0.394 e. The molecule has 0 fully saturated rings. The van der Waals surface area contributed by atoms with Gasteiger partial charge in [0.05, 0.1) is 23.4 Å². The summed E-state index contributed by atoms with van der Waals surface area (Å²) in [6, 6.07) is 7.96. The zero-order chi connectivity index (χ0) is 24.3. The lowest BCUT2D eigenvalue weighted by Crippen LogP contribution is -2.52. The van der Waals surface area contributed by atoms with Crippen LogP contribution in [0.3, 0.4) is 0 Å². The number of anilines is 1. The number of halogens is 2. The molecule has 2 atom stereocenters. The highest BCUT2D eigenvalue weighted by molar-refractivity contribution is 6.30. The predicted octanol–water partition coefficient (Wildman–Crippen LogP) is 3.17. The highest BCUT2D eigenvalue weighted by Gasteiger charge is 2.34. The first-order valence-electron chi connectivity index (χ1n) is 10.2. The molecular formula is C23H21ClFN5O4. The molecule has 0 spiro atoms. The monoisotopic (exact) mass is 485 g/mol. The summed E-state index contributed by atoms with van der Waals surface area (Å²) < 4.78 is 20.6. The van der Waals surface area contributed by atoms with E-state index in [9.17, 15) is 19.5 Å². The van der Waals surface area contributed by atoms with E-state index >= 15 is 0 Å². The number of nitrogens with zero attached hydrogens (tertiary/aromatic N) is 4. The van der Waals surface area contributed by atoms with Crippen LogP contribution < -0.4 is 10.9 Å². The van der Waals surface area contributed by atoms with Crippen LogP contribution >= 0.6 is 11.6 Å². The van der Waals surface area contributed by atoms with E-state index in [0.717, 1.165) is 5.06 Å². The number of methoxy groups -OCH3 is 1. The summed E-state index contributed by atoms with van der Waals surface area (Å²) in [6.45, 7) is -0.416. The lowest BCUT2D eigenvalue weighted by molar-refractivity contribution is -0.205. The molecule has 0 amide bonds. The van der Waals surface area contributed by atoms with Crippen LogP contribution in [0.5, 0.6) is 0 Å². The Morgan fingerprint density at radius 3 is 2.76 bits per heavy atom. The summed E-state index contributed by atoms with van der Waals surface area (Å²) in [5.41, 5.74) is 0.916. The zero-order valence-electron chi connectivity index (χ0n) is 18.0. The van der Waals surface area contributed by atoms with Crippen molar-refractivity contribution < 1.29 is 19.4 Å². The maximum Gasteiger partial charge on any atom is 0.264 e. The number of pyridine rings is 1. The van der Waals surface area contributed by atoms with E-state index in [1.807, 2.05) is 0 Å². The standard InChI is InChI=1S/C23H21ClFN5O4/c1-34-23(8-2-3-10-30(23)33)28-22-26-9-6-19(27-22)15-7-11-29(21(32)13-15)20(14-31)16-4-5-17(24)18(25)12-16/h2-13,20,31,33H,14H2,1H3,(H,26,27,28)/t20?,23-/m0/s1. The van der Waals surface area contributed by atoms with Gasteiger partial charge in [-0.3, -0.25) is 10.0 Å². The largest absolute Gasteiger partial charge is 0.394 e. The van der Waals surface area contributed by atoms with E-state index in [4.69, 9.17) is 16.3 Å². The van der Waals surface area contributed by atoms with E-state index in [0.29, 0.717) is 16.8 Å². The number of aliphatic hydroxyl groups is 1. The Morgan fingerprint density at radius 2 is 2.09 bits per heavy atom. The Hall–Kier alpha value is -3.57. The van der Waals surface area contributed by atoms with Gasteiger partial charge in [0.25, 0.3) is 11.4 Å². The first kappa shape index (κ1) is 23.6. The summed E-state index contributed by atoms with van der Waals surface area (Å²) in [5, 5.41) is 23.8. The van der Waals surface area contributed by atoms with Crippen molar-refractivity contribution in [3.05, 3.63) is 100.0 Å². The minimum absolute atomic E-state index is 0.0457. The normalized spacial score (nSPS) is 18.2. The molecule has 0 saturated heterocycles. The molecule has 1 aliphatic rings. The summed E-state index contributed by atoms with van der Waals surface area (Å²) in [6.07, 6.45) is 9.31. The van der Waals surface area contributed by atoms with Gasteiger partial charge < -0.3 is 19.7 Å². The van der Waals surface area contributed by atoms with Crippen molar-refractivity contribution in [2.75, 3.05) is 19.0 Å². The Kier molecular flexibility index (Phi) is 6.75. The van der Waals surface area contributed by atoms with Gasteiger partial charge in [-0.15, -0.1) is 0 Å². The molecular weight excluding hydrogens is 465 g/mol. The smallest absolute Gasteiger partial charge is 0.264 e. The Bertz CT molecular complexity index is 1310. The quantitative estimate of drug-likeness (QED) is 0.437. The molecule has 0 saturated carbocycles. The van der Waals surface area contributed by atoms with Crippen molar-refractivity contribution in [3.63, 3.8) is 0 Å². The van der Waals surface area contributed by atoms with Crippen LogP contribution in [0, 0.1) is 5.82 Å². The fourth-order valence-corrected chi connectivity index (χ4v) is 3.65. The molecule has 0 aliphatic carbocycles. The summed E-state index contributed by atoms with van der Waals surface area (Å²) in [5.74, 6) is -1.90. The molecule has 1 aliphatic heterocycles. The summed E-state index contributed by atoms with van der Waals surface area (Å²) in [7, 11) is 1.41. The number of aliphatic hydroxyl groups excluding tert-OH is 1. The summed E-state index contributed by atoms with van der Waals surface area (Å²) in [4.78, 5) is 21.5. The third kappa shape index (κ3) is 4.57. The zero-order valence-corrected chi connectivity index (χ0v) is 18.7. The lowest BCUT2D eigenvalue weighted by Gasteiger charge is -2.37. The number of allylic oxidation sites excluding steroid dienone is 2. The van der Waals surface area contributed by atoms with Gasteiger partial charge in [0.1, 0.15) is 5.82 Å². The van der Waals surface area contributed by atoms with Crippen LogP contribution in [0.25, 0.3) is 11.3 Å². The molecule has 1 unspecified atom stereocenters. The third-order valence-electron chi connectivity index (χ3n) is 5.34. The van der Waals surface area contributed by atoms with E-state index in [1.165, 1.54) is 48.5 Å². The molecule has 34 heavy (non-hydrogen) atoms. The van der Waals surface area contributed by atoms with Gasteiger partial charge in [-0.05, 0) is 42.0 Å². The number of hydroxylamine groups is 2. The van der Waals surface area contributed by atoms with Gasteiger partial charge >= 0.3 is 0 Å². The first-order chi connectivity index (χ1) is 16.4.